The fraction of sp³-hybridized carbons (Fsp3) is 1.00. The Kier molecular flexibility index (Phi) is 5.48. The Labute approximate surface area is 123 Å². The van der Waals surface area contributed by atoms with Crippen molar-refractivity contribution in [3.05, 3.63) is 0 Å². The first kappa shape index (κ1) is 14.2. The van der Waals surface area contributed by atoms with Crippen LogP contribution in [0.2, 0.25) is 0 Å². The molecular formula is C16H30N2S. The Bertz CT molecular complexity index is 265. The highest BCUT2D eigenvalue weighted by atomic mass is 32.2. The normalized spacial score (nSPS) is 36.9. The second kappa shape index (κ2) is 7.33. The first-order valence-corrected chi connectivity index (χ1v) is 9.61. The molecule has 0 aromatic rings. The van der Waals surface area contributed by atoms with Crippen LogP contribution in [0, 0.1) is 11.8 Å². The van der Waals surface area contributed by atoms with Crippen LogP contribution in [-0.2, 0) is 0 Å². The second-order valence-corrected chi connectivity index (χ2v) is 7.95. The highest BCUT2D eigenvalue weighted by Crippen LogP contribution is 2.40. The van der Waals surface area contributed by atoms with Gasteiger partial charge in [0.25, 0.3) is 0 Å². The van der Waals surface area contributed by atoms with Crippen LogP contribution in [0.1, 0.15) is 44.9 Å². The van der Waals surface area contributed by atoms with Crippen molar-refractivity contribution in [2.45, 2.75) is 51.0 Å². The second-order valence-electron chi connectivity index (χ2n) is 6.72. The highest BCUT2D eigenvalue weighted by molar-refractivity contribution is 7.99. The van der Waals surface area contributed by atoms with Crippen LogP contribution < -0.4 is 5.32 Å². The van der Waals surface area contributed by atoms with Gasteiger partial charge in [-0.25, -0.2) is 0 Å². The molecule has 2 saturated carbocycles. The first-order valence-electron chi connectivity index (χ1n) is 8.45. The molecule has 3 heteroatoms. The molecule has 1 aliphatic heterocycles. The van der Waals surface area contributed by atoms with E-state index >= 15 is 0 Å². The molecule has 3 fully saturated rings. The van der Waals surface area contributed by atoms with Gasteiger partial charge < -0.3 is 10.2 Å². The summed E-state index contributed by atoms with van der Waals surface area (Å²) in [6.45, 7) is 5.10. The predicted molar refractivity (Wildman–Crippen MR) is 84.9 cm³/mol. The lowest BCUT2D eigenvalue weighted by Gasteiger charge is -2.40. The van der Waals surface area contributed by atoms with E-state index in [1.54, 1.807) is 0 Å². The SMILES string of the molecule is C1CCC2CC(NCCN3CCSCC3)CCC2C1. The van der Waals surface area contributed by atoms with Gasteiger partial charge in [-0.15, -0.1) is 0 Å². The molecule has 1 heterocycles. The molecule has 3 aliphatic rings. The van der Waals surface area contributed by atoms with Crippen LogP contribution in [-0.4, -0.2) is 48.6 Å². The molecule has 0 bridgehead atoms. The van der Waals surface area contributed by atoms with Crippen molar-refractivity contribution in [2.24, 2.45) is 11.8 Å². The van der Waals surface area contributed by atoms with Crippen LogP contribution in [0.15, 0.2) is 0 Å². The summed E-state index contributed by atoms with van der Waals surface area (Å²) in [6.07, 6.45) is 10.5. The minimum absolute atomic E-state index is 0.832. The molecule has 0 radical (unpaired) electrons. The minimum atomic E-state index is 0.832. The van der Waals surface area contributed by atoms with E-state index in [2.05, 4.69) is 22.0 Å². The summed E-state index contributed by atoms with van der Waals surface area (Å²) in [5.74, 6) is 4.83. The molecule has 1 saturated heterocycles. The molecule has 0 aromatic heterocycles. The predicted octanol–water partition coefficient (Wildman–Crippen LogP) is 2.98. The topological polar surface area (TPSA) is 15.3 Å². The van der Waals surface area contributed by atoms with Gasteiger partial charge in [-0.3, -0.25) is 0 Å². The zero-order valence-electron chi connectivity index (χ0n) is 12.3. The molecular weight excluding hydrogens is 252 g/mol. The molecule has 0 aromatic carbocycles. The number of fused-ring (bicyclic) bond motifs is 1. The van der Waals surface area contributed by atoms with E-state index in [9.17, 15) is 0 Å². The molecule has 3 atom stereocenters. The van der Waals surface area contributed by atoms with Gasteiger partial charge in [-0.2, -0.15) is 11.8 Å². The van der Waals surface area contributed by atoms with Crippen molar-refractivity contribution in [3.63, 3.8) is 0 Å². The number of rotatable bonds is 4. The lowest BCUT2D eigenvalue weighted by atomic mass is 9.69. The van der Waals surface area contributed by atoms with Gasteiger partial charge in [0.2, 0.25) is 0 Å². The van der Waals surface area contributed by atoms with Crippen molar-refractivity contribution >= 4 is 11.8 Å². The maximum Gasteiger partial charge on any atom is 0.0108 e. The number of nitrogens with zero attached hydrogens (tertiary/aromatic N) is 1. The van der Waals surface area contributed by atoms with E-state index in [-0.39, 0.29) is 0 Å². The van der Waals surface area contributed by atoms with Crippen LogP contribution in [0.4, 0.5) is 0 Å². The third-order valence-electron chi connectivity index (χ3n) is 5.50. The smallest absolute Gasteiger partial charge is 0.0108 e. The van der Waals surface area contributed by atoms with Crippen LogP contribution >= 0.6 is 11.8 Å². The Balaban J connectivity index is 1.34. The zero-order valence-corrected chi connectivity index (χ0v) is 13.1. The fourth-order valence-corrected chi connectivity index (χ4v) is 5.29. The number of hydrogen-bond acceptors (Lipinski definition) is 3. The van der Waals surface area contributed by atoms with Crippen molar-refractivity contribution in [2.75, 3.05) is 37.7 Å². The number of nitrogens with one attached hydrogen (secondary N) is 1. The summed E-state index contributed by atoms with van der Waals surface area (Å²) < 4.78 is 0. The van der Waals surface area contributed by atoms with E-state index in [0.29, 0.717) is 0 Å². The summed E-state index contributed by atoms with van der Waals surface area (Å²) in [5.41, 5.74) is 0. The Morgan fingerprint density at radius 1 is 0.947 bits per heavy atom. The van der Waals surface area contributed by atoms with Gasteiger partial charge in [-0.05, 0) is 31.1 Å². The van der Waals surface area contributed by atoms with E-state index in [4.69, 9.17) is 0 Å². The molecule has 3 rings (SSSR count). The summed E-state index contributed by atoms with van der Waals surface area (Å²) in [4.78, 5) is 2.63. The maximum atomic E-state index is 3.85. The molecule has 0 spiro atoms. The summed E-state index contributed by atoms with van der Waals surface area (Å²) >= 11 is 2.11. The average molecular weight is 282 g/mol. The van der Waals surface area contributed by atoms with Gasteiger partial charge >= 0.3 is 0 Å². The Morgan fingerprint density at radius 3 is 2.58 bits per heavy atom. The lowest BCUT2D eigenvalue weighted by molar-refractivity contribution is 0.142. The van der Waals surface area contributed by atoms with Gasteiger partial charge in [0.05, 0.1) is 0 Å². The van der Waals surface area contributed by atoms with Crippen LogP contribution in [0.3, 0.4) is 0 Å². The maximum absolute atomic E-state index is 3.85. The van der Waals surface area contributed by atoms with E-state index < -0.39 is 0 Å². The van der Waals surface area contributed by atoms with Crippen LogP contribution in [0.5, 0.6) is 0 Å². The quantitative estimate of drug-likeness (QED) is 0.853. The standard InChI is InChI=1S/C16H30N2S/c1-2-4-15-13-16(6-5-14(15)3-1)17-7-8-18-9-11-19-12-10-18/h14-17H,1-13H2. The van der Waals surface area contributed by atoms with Crippen molar-refractivity contribution < 1.29 is 0 Å². The third-order valence-corrected chi connectivity index (χ3v) is 6.45. The molecule has 19 heavy (non-hydrogen) atoms. The molecule has 2 nitrogen and oxygen atoms in total. The van der Waals surface area contributed by atoms with Crippen molar-refractivity contribution in [3.8, 4) is 0 Å². The molecule has 3 unspecified atom stereocenters. The number of thioether (sulfide) groups is 1. The first-order chi connectivity index (χ1) is 9.42. The third kappa shape index (κ3) is 4.12. The van der Waals surface area contributed by atoms with E-state index in [0.717, 1.165) is 17.9 Å². The van der Waals surface area contributed by atoms with E-state index in [1.807, 2.05) is 0 Å². The summed E-state index contributed by atoms with van der Waals surface area (Å²) in [5, 5.41) is 3.85. The van der Waals surface area contributed by atoms with E-state index in [1.165, 1.54) is 82.6 Å². The lowest BCUT2D eigenvalue weighted by Crippen LogP contribution is -2.43. The van der Waals surface area contributed by atoms with Gasteiger partial charge in [0.1, 0.15) is 0 Å². The summed E-state index contributed by atoms with van der Waals surface area (Å²) in [7, 11) is 0. The van der Waals surface area contributed by atoms with Crippen LogP contribution in [0.25, 0.3) is 0 Å². The zero-order chi connectivity index (χ0) is 12.9. The van der Waals surface area contributed by atoms with Crippen molar-refractivity contribution in [1.82, 2.24) is 10.2 Å². The molecule has 0 amide bonds. The molecule has 1 N–H and O–H groups in total. The van der Waals surface area contributed by atoms with Gasteiger partial charge in [-0.1, -0.05) is 25.7 Å². The fourth-order valence-electron chi connectivity index (χ4n) is 4.31. The average Bonchev–Trinajstić information content (AvgIpc) is 2.48. The Morgan fingerprint density at radius 2 is 1.74 bits per heavy atom. The summed E-state index contributed by atoms with van der Waals surface area (Å²) in [6, 6.07) is 0.832. The minimum Gasteiger partial charge on any atom is -0.313 e. The largest absolute Gasteiger partial charge is 0.313 e. The Hall–Kier alpha value is 0.270. The highest BCUT2D eigenvalue weighted by Gasteiger charge is 2.31. The number of hydrogen-bond donors (Lipinski definition) is 1. The molecule has 110 valence electrons. The monoisotopic (exact) mass is 282 g/mol. The molecule has 2 aliphatic carbocycles. The van der Waals surface area contributed by atoms with Gasteiger partial charge in [0.15, 0.2) is 0 Å². The van der Waals surface area contributed by atoms with Gasteiger partial charge in [0, 0.05) is 43.7 Å². The van der Waals surface area contributed by atoms with Crippen molar-refractivity contribution in [1.29, 1.82) is 0 Å².